The molecule has 2 rings (SSSR count). The SMILES string of the molecule is CCOc1ccc(/C=N/NC(=O)c2ccccc2I)cc1. The lowest BCUT2D eigenvalue weighted by Crippen LogP contribution is -2.18. The monoisotopic (exact) mass is 394 g/mol. The highest BCUT2D eigenvalue weighted by atomic mass is 127. The molecule has 1 N–H and O–H groups in total. The largest absolute Gasteiger partial charge is 0.494 e. The molecule has 0 atom stereocenters. The van der Waals surface area contributed by atoms with Crippen LogP contribution in [0.5, 0.6) is 5.75 Å². The van der Waals surface area contributed by atoms with Crippen molar-refractivity contribution in [2.75, 3.05) is 6.61 Å². The fourth-order valence-electron chi connectivity index (χ4n) is 1.69. The van der Waals surface area contributed by atoms with Crippen LogP contribution in [0.15, 0.2) is 53.6 Å². The number of carbonyl (C=O) groups excluding carboxylic acids is 1. The van der Waals surface area contributed by atoms with Crippen LogP contribution < -0.4 is 10.2 Å². The fraction of sp³-hybridized carbons (Fsp3) is 0.125. The van der Waals surface area contributed by atoms with E-state index in [2.05, 4.69) is 33.1 Å². The lowest BCUT2D eigenvalue weighted by Gasteiger charge is -2.03. The van der Waals surface area contributed by atoms with E-state index in [1.54, 1.807) is 12.3 Å². The van der Waals surface area contributed by atoms with Crippen LogP contribution in [0.4, 0.5) is 0 Å². The van der Waals surface area contributed by atoms with E-state index in [-0.39, 0.29) is 5.91 Å². The Morgan fingerprint density at radius 2 is 1.95 bits per heavy atom. The molecule has 4 nitrogen and oxygen atoms in total. The smallest absolute Gasteiger partial charge is 0.272 e. The van der Waals surface area contributed by atoms with Crippen molar-refractivity contribution < 1.29 is 9.53 Å². The number of hydrogen-bond donors (Lipinski definition) is 1. The topological polar surface area (TPSA) is 50.7 Å². The van der Waals surface area contributed by atoms with Crippen LogP contribution in [0.25, 0.3) is 0 Å². The molecule has 108 valence electrons. The van der Waals surface area contributed by atoms with Crippen molar-refractivity contribution in [2.24, 2.45) is 5.10 Å². The number of hydrogen-bond acceptors (Lipinski definition) is 3. The quantitative estimate of drug-likeness (QED) is 0.480. The van der Waals surface area contributed by atoms with Gasteiger partial charge in [0, 0.05) is 3.57 Å². The first-order valence-electron chi connectivity index (χ1n) is 6.51. The molecule has 0 aromatic heterocycles. The molecule has 2 aromatic carbocycles. The highest BCUT2D eigenvalue weighted by Crippen LogP contribution is 2.12. The maximum absolute atomic E-state index is 11.9. The summed E-state index contributed by atoms with van der Waals surface area (Å²) in [5.74, 6) is 0.597. The van der Waals surface area contributed by atoms with Gasteiger partial charge in [0.1, 0.15) is 5.75 Å². The number of amides is 1. The summed E-state index contributed by atoms with van der Waals surface area (Å²) in [6.07, 6.45) is 1.60. The van der Waals surface area contributed by atoms with E-state index < -0.39 is 0 Å². The highest BCUT2D eigenvalue weighted by molar-refractivity contribution is 14.1. The lowest BCUT2D eigenvalue weighted by molar-refractivity contribution is 0.0954. The highest BCUT2D eigenvalue weighted by Gasteiger charge is 2.07. The molecule has 0 aliphatic heterocycles. The van der Waals surface area contributed by atoms with Crippen LogP contribution in [-0.2, 0) is 0 Å². The molecule has 2 aromatic rings. The molecular weight excluding hydrogens is 379 g/mol. The number of halogens is 1. The van der Waals surface area contributed by atoms with Gasteiger partial charge in [-0.2, -0.15) is 5.10 Å². The summed E-state index contributed by atoms with van der Waals surface area (Å²) < 4.78 is 6.25. The van der Waals surface area contributed by atoms with Crippen molar-refractivity contribution >= 4 is 34.7 Å². The first-order chi connectivity index (χ1) is 10.2. The van der Waals surface area contributed by atoms with E-state index in [1.807, 2.05) is 49.4 Å². The maximum atomic E-state index is 11.9. The molecule has 0 heterocycles. The second-order valence-electron chi connectivity index (χ2n) is 4.18. The van der Waals surface area contributed by atoms with Gasteiger partial charge in [0.15, 0.2) is 0 Å². The third-order valence-electron chi connectivity index (χ3n) is 2.69. The molecule has 0 saturated heterocycles. The van der Waals surface area contributed by atoms with Crippen LogP contribution in [0.3, 0.4) is 0 Å². The van der Waals surface area contributed by atoms with E-state index >= 15 is 0 Å². The third-order valence-corrected chi connectivity index (χ3v) is 3.63. The molecule has 0 unspecified atom stereocenters. The minimum absolute atomic E-state index is 0.220. The molecule has 0 aliphatic carbocycles. The minimum atomic E-state index is -0.220. The van der Waals surface area contributed by atoms with E-state index in [0.29, 0.717) is 12.2 Å². The third kappa shape index (κ3) is 4.56. The Morgan fingerprint density at radius 1 is 1.24 bits per heavy atom. The standard InChI is InChI=1S/C16H15IN2O2/c1-2-21-13-9-7-12(8-10-13)11-18-19-16(20)14-5-3-4-6-15(14)17/h3-11H,2H2,1H3,(H,19,20)/b18-11+. The Balaban J connectivity index is 1.96. The second kappa shape index (κ2) is 7.78. The summed E-state index contributed by atoms with van der Waals surface area (Å²) in [5.41, 5.74) is 4.03. The maximum Gasteiger partial charge on any atom is 0.272 e. The lowest BCUT2D eigenvalue weighted by atomic mass is 10.2. The number of ether oxygens (including phenoxy) is 1. The van der Waals surface area contributed by atoms with Crippen molar-refractivity contribution in [1.29, 1.82) is 0 Å². The normalized spacial score (nSPS) is 10.6. The molecule has 21 heavy (non-hydrogen) atoms. The van der Waals surface area contributed by atoms with Gasteiger partial charge in [-0.15, -0.1) is 0 Å². The van der Waals surface area contributed by atoms with E-state index in [9.17, 15) is 4.79 Å². The molecule has 5 heteroatoms. The minimum Gasteiger partial charge on any atom is -0.494 e. The van der Waals surface area contributed by atoms with Crippen molar-refractivity contribution in [3.63, 3.8) is 0 Å². The van der Waals surface area contributed by atoms with Gasteiger partial charge in [-0.3, -0.25) is 4.79 Å². The molecule has 0 spiro atoms. The van der Waals surface area contributed by atoms with Crippen molar-refractivity contribution in [3.05, 3.63) is 63.2 Å². The summed E-state index contributed by atoms with van der Waals surface area (Å²) in [5, 5.41) is 3.97. The number of benzene rings is 2. The summed E-state index contributed by atoms with van der Waals surface area (Å²) >= 11 is 2.12. The van der Waals surface area contributed by atoms with Crippen LogP contribution in [0.1, 0.15) is 22.8 Å². The Morgan fingerprint density at radius 3 is 2.62 bits per heavy atom. The molecule has 1 amide bonds. The van der Waals surface area contributed by atoms with Gasteiger partial charge < -0.3 is 4.74 Å². The Labute approximate surface area is 137 Å². The van der Waals surface area contributed by atoms with Gasteiger partial charge in [0.05, 0.1) is 18.4 Å². The fourth-order valence-corrected chi connectivity index (χ4v) is 2.32. The van der Waals surface area contributed by atoms with Crippen LogP contribution in [-0.4, -0.2) is 18.7 Å². The van der Waals surface area contributed by atoms with Gasteiger partial charge in [-0.1, -0.05) is 12.1 Å². The van der Waals surface area contributed by atoms with Gasteiger partial charge in [0.25, 0.3) is 5.91 Å². The molecule has 0 aliphatic rings. The predicted octanol–water partition coefficient (Wildman–Crippen LogP) is 3.45. The van der Waals surface area contributed by atoms with Crippen molar-refractivity contribution in [2.45, 2.75) is 6.92 Å². The molecule has 0 saturated carbocycles. The summed E-state index contributed by atoms with van der Waals surface area (Å²) in [4.78, 5) is 11.9. The molecule has 0 radical (unpaired) electrons. The number of nitrogens with zero attached hydrogens (tertiary/aromatic N) is 1. The summed E-state index contributed by atoms with van der Waals surface area (Å²) in [6.45, 7) is 2.58. The zero-order valence-corrected chi connectivity index (χ0v) is 13.7. The number of nitrogens with one attached hydrogen (secondary N) is 1. The van der Waals surface area contributed by atoms with E-state index in [4.69, 9.17) is 4.74 Å². The zero-order valence-electron chi connectivity index (χ0n) is 11.5. The zero-order chi connectivity index (χ0) is 15.1. The van der Waals surface area contributed by atoms with Crippen LogP contribution in [0, 0.1) is 3.57 Å². The predicted molar refractivity (Wildman–Crippen MR) is 91.8 cm³/mol. The summed E-state index contributed by atoms with van der Waals surface area (Å²) in [7, 11) is 0. The van der Waals surface area contributed by atoms with Crippen LogP contribution >= 0.6 is 22.6 Å². The second-order valence-corrected chi connectivity index (χ2v) is 5.34. The average molecular weight is 394 g/mol. The first kappa shape index (κ1) is 15.5. The molecular formula is C16H15IN2O2. The number of carbonyl (C=O) groups is 1. The van der Waals surface area contributed by atoms with E-state index in [0.717, 1.165) is 14.9 Å². The molecule has 0 bridgehead atoms. The van der Waals surface area contributed by atoms with Crippen LogP contribution in [0.2, 0.25) is 0 Å². The first-order valence-corrected chi connectivity index (χ1v) is 7.59. The van der Waals surface area contributed by atoms with Crippen molar-refractivity contribution in [3.8, 4) is 5.75 Å². The van der Waals surface area contributed by atoms with Gasteiger partial charge in [0.2, 0.25) is 0 Å². The Kier molecular flexibility index (Phi) is 5.74. The van der Waals surface area contributed by atoms with E-state index in [1.165, 1.54) is 0 Å². The van der Waals surface area contributed by atoms with Gasteiger partial charge in [-0.25, -0.2) is 5.43 Å². The summed E-state index contributed by atoms with van der Waals surface area (Å²) in [6, 6.07) is 14.9. The average Bonchev–Trinajstić information content (AvgIpc) is 2.49. The molecule has 0 fully saturated rings. The van der Waals surface area contributed by atoms with Gasteiger partial charge in [-0.05, 0) is 71.5 Å². The van der Waals surface area contributed by atoms with Gasteiger partial charge >= 0.3 is 0 Å². The van der Waals surface area contributed by atoms with Crippen molar-refractivity contribution in [1.82, 2.24) is 5.43 Å². The number of hydrazone groups is 1. The Bertz CT molecular complexity index is 639. The Hall–Kier alpha value is -1.89. The number of rotatable bonds is 5.